The SMILES string of the molecule is Cc1ccc(C)c(-c2cc(F)ccc2F)c1. The van der Waals surface area contributed by atoms with Crippen LogP contribution in [0, 0.1) is 25.5 Å². The zero-order valence-corrected chi connectivity index (χ0v) is 9.22. The molecule has 0 radical (unpaired) electrons. The highest BCUT2D eigenvalue weighted by atomic mass is 19.1. The van der Waals surface area contributed by atoms with Gasteiger partial charge in [-0.1, -0.05) is 23.8 Å². The third-order valence-electron chi connectivity index (χ3n) is 2.61. The Labute approximate surface area is 93.5 Å². The Balaban J connectivity index is 2.66. The van der Waals surface area contributed by atoms with Crippen LogP contribution in [0.1, 0.15) is 11.1 Å². The van der Waals surface area contributed by atoms with E-state index in [-0.39, 0.29) is 0 Å². The molecule has 0 N–H and O–H groups in total. The van der Waals surface area contributed by atoms with Crippen LogP contribution in [0.3, 0.4) is 0 Å². The summed E-state index contributed by atoms with van der Waals surface area (Å²) in [6, 6.07) is 9.26. The van der Waals surface area contributed by atoms with Gasteiger partial charge in [0.25, 0.3) is 0 Å². The molecular formula is C14H12F2. The van der Waals surface area contributed by atoms with Gasteiger partial charge >= 0.3 is 0 Å². The third kappa shape index (κ3) is 1.96. The molecule has 0 fully saturated rings. The number of benzene rings is 2. The van der Waals surface area contributed by atoms with Crippen LogP contribution in [0.4, 0.5) is 8.78 Å². The fourth-order valence-electron chi connectivity index (χ4n) is 1.73. The molecule has 2 heteroatoms. The third-order valence-corrected chi connectivity index (χ3v) is 2.61. The summed E-state index contributed by atoms with van der Waals surface area (Å²) >= 11 is 0. The predicted molar refractivity (Wildman–Crippen MR) is 61.3 cm³/mol. The summed E-state index contributed by atoms with van der Waals surface area (Å²) in [4.78, 5) is 0. The van der Waals surface area contributed by atoms with E-state index < -0.39 is 11.6 Å². The van der Waals surface area contributed by atoms with E-state index >= 15 is 0 Å². The van der Waals surface area contributed by atoms with Crippen LogP contribution in [0.25, 0.3) is 11.1 Å². The van der Waals surface area contributed by atoms with Crippen LogP contribution < -0.4 is 0 Å². The molecule has 0 atom stereocenters. The van der Waals surface area contributed by atoms with E-state index in [1.807, 2.05) is 32.0 Å². The molecule has 0 bridgehead atoms. The van der Waals surface area contributed by atoms with Crippen molar-refractivity contribution in [3.63, 3.8) is 0 Å². The van der Waals surface area contributed by atoms with Gasteiger partial charge in [-0.25, -0.2) is 8.78 Å². The molecule has 0 amide bonds. The normalized spacial score (nSPS) is 10.5. The fraction of sp³-hybridized carbons (Fsp3) is 0.143. The van der Waals surface area contributed by atoms with Gasteiger partial charge in [-0.05, 0) is 43.2 Å². The Kier molecular flexibility index (Phi) is 2.73. The lowest BCUT2D eigenvalue weighted by Crippen LogP contribution is -1.90. The molecule has 2 aromatic rings. The lowest BCUT2D eigenvalue weighted by Gasteiger charge is -2.08. The lowest BCUT2D eigenvalue weighted by molar-refractivity contribution is 0.603. The first-order chi connectivity index (χ1) is 7.58. The molecule has 0 heterocycles. The van der Waals surface area contributed by atoms with Gasteiger partial charge in [0.15, 0.2) is 0 Å². The smallest absolute Gasteiger partial charge is 0.131 e. The first-order valence-corrected chi connectivity index (χ1v) is 5.10. The van der Waals surface area contributed by atoms with Crippen LogP contribution >= 0.6 is 0 Å². The maximum atomic E-state index is 13.6. The molecular weight excluding hydrogens is 206 g/mol. The van der Waals surface area contributed by atoms with Crippen molar-refractivity contribution >= 4 is 0 Å². The van der Waals surface area contributed by atoms with E-state index in [0.717, 1.165) is 28.8 Å². The van der Waals surface area contributed by atoms with Crippen LogP contribution in [0.15, 0.2) is 36.4 Å². The monoisotopic (exact) mass is 218 g/mol. The number of hydrogen-bond donors (Lipinski definition) is 0. The molecule has 16 heavy (non-hydrogen) atoms. The molecule has 0 aliphatic carbocycles. The standard InChI is InChI=1S/C14H12F2/c1-9-3-4-10(2)12(7-9)13-8-11(15)5-6-14(13)16/h3-8H,1-2H3. The highest BCUT2D eigenvalue weighted by Gasteiger charge is 2.09. The van der Waals surface area contributed by atoms with Crippen molar-refractivity contribution < 1.29 is 8.78 Å². The maximum Gasteiger partial charge on any atom is 0.131 e. The van der Waals surface area contributed by atoms with E-state index in [1.54, 1.807) is 0 Å². The van der Waals surface area contributed by atoms with Crippen molar-refractivity contribution in [2.24, 2.45) is 0 Å². The Bertz CT molecular complexity index is 481. The molecule has 0 aliphatic heterocycles. The van der Waals surface area contributed by atoms with Crippen molar-refractivity contribution in [3.8, 4) is 11.1 Å². The van der Waals surface area contributed by atoms with Crippen molar-refractivity contribution in [2.75, 3.05) is 0 Å². The van der Waals surface area contributed by atoms with E-state index in [2.05, 4.69) is 0 Å². The molecule has 0 saturated carbocycles. The molecule has 0 saturated heterocycles. The van der Waals surface area contributed by atoms with Crippen molar-refractivity contribution in [1.29, 1.82) is 0 Å². The van der Waals surface area contributed by atoms with Crippen molar-refractivity contribution in [3.05, 3.63) is 59.2 Å². The van der Waals surface area contributed by atoms with E-state index in [9.17, 15) is 8.78 Å². The summed E-state index contributed by atoms with van der Waals surface area (Å²) in [5.74, 6) is -0.813. The molecule has 2 rings (SSSR count). The average molecular weight is 218 g/mol. The summed E-state index contributed by atoms with van der Waals surface area (Å²) < 4.78 is 26.7. The topological polar surface area (TPSA) is 0 Å². The molecule has 0 aliphatic rings. The van der Waals surface area contributed by atoms with Gasteiger partial charge in [-0.2, -0.15) is 0 Å². The molecule has 0 aromatic heterocycles. The van der Waals surface area contributed by atoms with Gasteiger partial charge in [0.2, 0.25) is 0 Å². The quantitative estimate of drug-likeness (QED) is 0.671. The maximum absolute atomic E-state index is 13.6. The summed E-state index contributed by atoms with van der Waals surface area (Å²) in [5, 5.41) is 0. The van der Waals surface area contributed by atoms with Crippen molar-refractivity contribution in [1.82, 2.24) is 0 Å². The first kappa shape index (κ1) is 10.8. The zero-order chi connectivity index (χ0) is 11.7. The van der Waals surface area contributed by atoms with Gasteiger partial charge in [-0.3, -0.25) is 0 Å². The average Bonchev–Trinajstić information content (AvgIpc) is 2.25. The fourth-order valence-corrected chi connectivity index (χ4v) is 1.73. The van der Waals surface area contributed by atoms with E-state index in [4.69, 9.17) is 0 Å². The minimum atomic E-state index is -0.419. The van der Waals surface area contributed by atoms with E-state index in [1.165, 1.54) is 6.07 Å². The Morgan fingerprint density at radius 3 is 2.31 bits per heavy atom. The minimum Gasteiger partial charge on any atom is -0.207 e. The highest BCUT2D eigenvalue weighted by molar-refractivity contribution is 5.68. The molecule has 0 spiro atoms. The second-order valence-corrected chi connectivity index (χ2v) is 3.94. The summed E-state index contributed by atoms with van der Waals surface area (Å²) in [7, 11) is 0. The Morgan fingerprint density at radius 1 is 0.812 bits per heavy atom. The van der Waals surface area contributed by atoms with Gasteiger partial charge < -0.3 is 0 Å². The second-order valence-electron chi connectivity index (χ2n) is 3.94. The first-order valence-electron chi connectivity index (χ1n) is 5.10. The van der Waals surface area contributed by atoms with Gasteiger partial charge in [0, 0.05) is 5.56 Å². The number of rotatable bonds is 1. The Morgan fingerprint density at radius 2 is 1.56 bits per heavy atom. The zero-order valence-electron chi connectivity index (χ0n) is 9.22. The second kappa shape index (κ2) is 4.05. The predicted octanol–water partition coefficient (Wildman–Crippen LogP) is 4.25. The van der Waals surface area contributed by atoms with Crippen LogP contribution in [0.2, 0.25) is 0 Å². The lowest BCUT2D eigenvalue weighted by atomic mass is 9.98. The molecule has 2 aromatic carbocycles. The van der Waals surface area contributed by atoms with Crippen LogP contribution in [0.5, 0.6) is 0 Å². The largest absolute Gasteiger partial charge is 0.207 e. The number of aryl methyl sites for hydroxylation is 2. The summed E-state index contributed by atoms with van der Waals surface area (Å²) in [6.07, 6.45) is 0. The van der Waals surface area contributed by atoms with Crippen molar-refractivity contribution in [2.45, 2.75) is 13.8 Å². The highest BCUT2D eigenvalue weighted by Crippen LogP contribution is 2.27. The summed E-state index contributed by atoms with van der Waals surface area (Å²) in [6.45, 7) is 3.82. The summed E-state index contributed by atoms with van der Waals surface area (Å²) in [5.41, 5.74) is 3.04. The van der Waals surface area contributed by atoms with Gasteiger partial charge in [0.1, 0.15) is 11.6 Å². The molecule has 0 nitrogen and oxygen atoms in total. The number of hydrogen-bond acceptors (Lipinski definition) is 0. The number of halogens is 2. The molecule has 0 unspecified atom stereocenters. The molecule has 82 valence electrons. The van der Waals surface area contributed by atoms with Gasteiger partial charge in [-0.15, -0.1) is 0 Å². The van der Waals surface area contributed by atoms with Crippen LogP contribution in [-0.4, -0.2) is 0 Å². The van der Waals surface area contributed by atoms with Crippen LogP contribution in [-0.2, 0) is 0 Å². The van der Waals surface area contributed by atoms with E-state index in [0.29, 0.717) is 5.56 Å². The Hall–Kier alpha value is -1.70. The van der Waals surface area contributed by atoms with Gasteiger partial charge in [0.05, 0.1) is 0 Å². The minimum absolute atomic E-state index is 0.321.